The summed E-state index contributed by atoms with van der Waals surface area (Å²) >= 11 is 0. The van der Waals surface area contributed by atoms with Gasteiger partial charge in [0.25, 0.3) is 11.8 Å². The number of anilines is 1. The van der Waals surface area contributed by atoms with Crippen LogP contribution in [0.5, 0.6) is 0 Å². The number of rotatable bonds is 8. The van der Waals surface area contributed by atoms with Crippen LogP contribution >= 0.6 is 0 Å². The third-order valence-corrected chi connectivity index (χ3v) is 7.02. The molecule has 1 aliphatic heterocycles. The lowest BCUT2D eigenvalue weighted by molar-refractivity contribution is -0.123. The summed E-state index contributed by atoms with van der Waals surface area (Å²) in [4.78, 5) is 26.4. The fraction of sp³-hybridized carbons (Fsp3) is 0.0938. The minimum atomic E-state index is -0.590. The number of carbonyl (C=O) groups is 2. The van der Waals surface area contributed by atoms with Gasteiger partial charge >= 0.3 is 0 Å². The van der Waals surface area contributed by atoms with E-state index in [1.165, 1.54) is 0 Å². The van der Waals surface area contributed by atoms with Crippen molar-refractivity contribution in [2.24, 2.45) is 0 Å². The fourth-order valence-electron chi connectivity index (χ4n) is 5.16. The molecule has 0 saturated carbocycles. The van der Waals surface area contributed by atoms with Crippen molar-refractivity contribution >= 4 is 50.5 Å². The topological polar surface area (TPSA) is 107 Å². The van der Waals surface area contributed by atoms with Crippen LogP contribution in [-0.4, -0.2) is 40.4 Å². The van der Waals surface area contributed by atoms with E-state index in [1.54, 1.807) is 12.1 Å². The van der Waals surface area contributed by atoms with E-state index in [0.717, 1.165) is 27.4 Å². The van der Waals surface area contributed by atoms with Crippen LogP contribution in [0.2, 0.25) is 0 Å². The molecule has 4 N–H and O–H groups in total. The van der Waals surface area contributed by atoms with Gasteiger partial charge < -0.3 is 15.0 Å². The van der Waals surface area contributed by atoms with Crippen LogP contribution in [-0.2, 0) is 9.59 Å². The zero-order valence-electron chi connectivity index (χ0n) is 21.1. The second-order valence-corrected chi connectivity index (χ2v) is 9.42. The van der Waals surface area contributed by atoms with E-state index in [-0.39, 0.29) is 23.5 Å². The minimum absolute atomic E-state index is 0.0389. The van der Waals surface area contributed by atoms with Crippen molar-refractivity contribution in [3.05, 3.63) is 114 Å². The molecule has 0 unspecified atom stereocenters. The molecule has 6 rings (SSSR count). The third-order valence-electron chi connectivity index (χ3n) is 7.02. The highest BCUT2D eigenvalue weighted by atomic mass is 16.3. The number of nitrogens with one attached hydrogen (secondary N) is 3. The first-order valence-electron chi connectivity index (χ1n) is 12.8. The second kappa shape index (κ2) is 10.0. The largest absolute Gasteiger partial charge is 0.396 e. The highest BCUT2D eigenvalue weighted by Crippen LogP contribution is 2.35. The molecule has 39 heavy (non-hydrogen) atoms. The maximum atomic E-state index is 13.3. The van der Waals surface area contributed by atoms with E-state index in [0.29, 0.717) is 29.8 Å². The van der Waals surface area contributed by atoms with Crippen molar-refractivity contribution in [3.63, 3.8) is 0 Å². The number of carbonyl (C=O) groups excluding carboxylic acids is 2. The van der Waals surface area contributed by atoms with Gasteiger partial charge in [0.2, 0.25) is 0 Å². The molecular formula is C32H26N4O3. The Labute approximate surface area is 224 Å². The molecule has 2 heterocycles. The molecule has 2 amide bonds. The molecule has 0 bridgehead atoms. The maximum absolute atomic E-state index is 13.3. The summed E-state index contributed by atoms with van der Waals surface area (Å²) in [5.74, 6) is -1.11. The summed E-state index contributed by atoms with van der Waals surface area (Å²) in [6.07, 6.45) is 2.42. The first kappa shape index (κ1) is 24.3. The van der Waals surface area contributed by atoms with Gasteiger partial charge in [-0.3, -0.25) is 20.3 Å². The highest BCUT2D eigenvalue weighted by molar-refractivity contribution is 6.48. The van der Waals surface area contributed by atoms with Gasteiger partial charge in [-0.05, 0) is 41.5 Å². The number of benzene rings is 4. The Morgan fingerprint density at radius 3 is 2.46 bits per heavy atom. The number of fused-ring (bicyclic) bond motifs is 2. The monoisotopic (exact) mass is 514 g/mol. The molecule has 0 spiro atoms. The zero-order valence-corrected chi connectivity index (χ0v) is 21.1. The number of hydrogen-bond acceptors (Lipinski definition) is 5. The predicted molar refractivity (Wildman–Crippen MR) is 154 cm³/mol. The molecule has 7 heteroatoms. The van der Waals surface area contributed by atoms with Crippen molar-refractivity contribution in [2.75, 3.05) is 18.5 Å². The molecule has 1 aromatic heterocycles. The molecular weight excluding hydrogens is 488 g/mol. The fourth-order valence-corrected chi connectivity index (χ4v) is 5.16. The van der Waals surface area contributed by atoms with Crippen LogP contribution in [0.4, 0.5) is 5.69 Å². The summed E-state index contributed by atoms with van der Waals surface area (Å²) in [6, 6.07) is 29.3. The van der Waals surface area contributed by atoms with E-state index >= 15 is 0 Å². The van der Waals surface area contributed by atoms with Gasteiger partial charge in [-0.15, -0.1) is 0 Å². The van der Waals surface area contributed by atoms with Gasteiger partial charge in [0.1, 0.15) is 0 Å². The Hall–Kier alpha value is -5.01. The van der Waals surface area contributed by atoms with Crippen molar-refractivity contribution in [2.45, 2.75) is 6.42 Å². The first-order chi connectivity index (χ1) is 19.1. The molecule has 0 radical (unpaired) electrons. The van der Waals surface area contributed by atoms with E-state index in [2.05, 4.69) is 34.9 Å². The van der Waals surface area contributed by atoms with Crippen LogP contribution in [0.3, 0.4) is 0 Å². The predicted octanol–water partition coefficient (Wildman–Crippen LogP) is 5.06. The van der Waals surface area contributed by atoms with Crippen molar-refractivity contribution in [3.8, 4) is 5.69 Å². The first-order valence-corrected chi connectivity index (χ1v) is 12.8. The molecule has 1 aliphatic rings. The Kier molecular flexibility index (Phi) is 6.26. The van der Waals surface area contributed by atoms with Crippen molar-refractivity contribution in [1.29, 1.82) is 5.41 Å². The van der Waals surface area contributed by atoms with Gasteiger partial charge in [0.15, 0.2) is 0 Å². The third kappa shape index (κ3) is 4.28. The lowest BCUT2D eigenvalue weighted by atomic mass is 9.93. The number of aliphatic hydroxyl groups excluding tert-OH is 1. The molecule has 0 saturated heterocycles. The summed E-state index contributed by atoms with van der Waals surface area (Å²) in [5.41, 5.74) is 3.76. The number of imide groups is 1. The lowest BCUT2D eigenvalue weighted by Crippen LogP contribution is -2.25. The Balaban J connectivity index is 1.52. The number of para-hydroxylation sites is 2. The van der Waals surface area contributed by atoms with Crippen molar-refractivity contribution in [1.82, 2.24) is 9.88 Å². The van der Waals surface area contributed by atoms with Gasteiger partial charge in [0, 0.05) is 47.2 Å². The Morgan fingerprint density at radius 2 is 1.62 bits per heavy atom. The van der Waals surface area contributed by atoms with E-state index in [4.69, 9.17) is 10.5 Å². The summed E-state index contributed by atoms with van der Waals surface area (Å²) < 4.78 is 2.02. The average molecular weight is 515 g/mol. The van der Waals surface area contributed by atoms with Crippen LogP contribution in [0.1, 0.15) is 17.5 Å². The lowest BCUT2D eigenvalue weighted by Gasteiger charge is -2.13. The molecule has 5 aromatic rings. The SMILES string of the molecule is N=C(C1=C(c2cn(-c3ccc4ccccc4c3)c3ccccc23)C(=O)NC1=O)c1ccccc1NCCCO. The van der Waals surface area contributed by atoms with Gasteiger partial charge in [-0.2, -0.15) is 0 Å². The summed E-state index contributed by atoms with van der Waals surface area (Å²) in [6.45, 7) is 0.553. The zero-order chi connectivity index (χ0) is 26.9. The molecule has 7 nitrogen and oxygen atoms in total. The van der Waals surface area contributed by atoms with Crippen LogP contribution in [0.25, 0.3) is 32.9 Å². The second-order valence-electron chi connectivity index (χ2n) is 9.42. The maximum Gasteiger partial charge on any atom is 0.261 e. The summed E-state index contributed by atoms with van der Waals surface area (Å²) in [5, 5.41) is 26.9. The normalized spacial score (nSPS) is 13.4. The van der Waals surface area contributed by atoms with Crippen LogP contribution in [0, 0.1) is 5.41 Å². The van der Waals surface area contributed by atoms with Gasteiger partial charge in [-0.1, -0.05) is 66.7 Å². The highest BCUT2D eigenvalue weighted by Gasteiger charge is 2.36. The number of hydrogen-bond donors (Lipinski definition) is 4. The molecule has 0 atom stereocenters. The number of nitrogens with zero attached hydrogens (tertiary/aromatic N) is 1. The van der Waals surface area contributed by atoms with Crippen LogP contribution < -0.4 is 10.6 Å². The standard InChI is InChI=1S/C32H26N4O3/c33-30(24-11-3-5-12-26(24)34-16-7-17-37)29-28(31(38)35-32(29)39)25-19-36(27-13-6-4-10-23(25)27)22-15-14-20-8-1-2-9-21(20)18-22/h1-6,8-15,18-19,33-34,37H,7,16-17H2,(H,35,38,39). The smallest absolute Gasteiger partial charge is 0.261 e. The molecule has 4 aromatic carbocycles. The quantitative estimate of drug-likeness (QED) is 0.132. The van der Waals surface area contributed by atoms with E-state index in [1.807, 2.05) is 65.4 Å². The molecule has 0 aliphatic carbocycles. The Morgan fingerprint density at radius 1 is 0.872 bits per heavy atom. The summed E-state index contributed by atoms with van der Waals surface area (Å²) in [7, 11) is 0. The number of aromatic nitrogens is 1. The average Bonchev–Trinajstić information content (AvgIpc) is 3.48. The number of aliphatic hydroxyl groups is 1. The van der Waals surface area contributed by atoms with Gasteiger partial charge in [-0.25, -0.2) is 0 Å². The van der Waals surface area contributed by atoms with E-state index in [9.17, 15) is 9.59 Å². The van der Waals surface area contributed by atoms with E-state index < -0.39 is 11.8 Å². The van der Waals surface area contributed by atoms with Gasteiger partial charge in [0.05, 0.1) is 22.4 Å². The Bertz CT molecular complexity index is 1820. The van der Waals surface area contributed by atoms with Crippen LogP contribution in [0.15, 0.2) is 103 Å². The molecule has 0 fully saturated rings. The molecule has 192 valence electrons. The van der Waals surface area contributed by atoms with Crippen molar-refractivity contribution < 1.29 is 14.7 Å². The number of amides is 2. The minimum Gasteiger partial charge on any atom is -0.396 e.